The lowest BCUT2D eigenvalue weighted by Gasteiger charge is -2.26. The number of hydrogen-bond acceptors (Lipinski definition) is 7. The van der Waals surface area contributed by atoms with Gasteiger partial charge in [-0.1, -0.05) is 6.42 Å². The number of fused-ring (bicyclic) bond motifs is 2. The van der Waals surface area contributed by atoms with Crippen LogP contribution in [0.25, 0.3) is 21.8 Å². The SMILES string of the molecule is COc1cc2c(Oc3ccc4[nH]ccc4c3N)ncnc2cc1OCCCN1CCCCC1. The minimum Gasteiger partial charge on any atom is -0.493 e. The second-order valence-electron chi connectivity index (χ2n) is 8.32. The second-order valence-corrected chi connectivity index (χ2v) is 8.32. The largest absolute Gasteiger partial charge is 0.493 e. The van der Waals surface area contributed by atoms with Crippen LogP contribution in [0.4, 0.5) is 5.69 Å². The first-order valence-electron chi connectivity index (χ1n) is 11.4. The highest BCUT2D eigenvalue weighted by atomic mass is 16.5. The lowest BCUT2D eigenvalue weighted by molar-refractivity contribution is 0.203. The fraction of sp³-hybridized carbons (Fsp3) is 0.360. The quantitative estimate of drug-likeness (QED) is 0.297. The molecule has 0 atom stereocenters. The van der Waals surface area contributed by atoms with E-state index in [2.05, 4.69) is 19.9 Å². The van der Waals surface area contributed by atoms with Gasteiger partial charge in [-0.3, -0.25) is 0 Å². The van der Waals surface area contributed by atoms with Crippen molar-refractivity contribution in [1.29, 1.82) is 0 Å². The summed E-state index contributed by atoms with van der Waals surface area (Å²) in [5.74, 6) is 2.24. The summed E-state index contributed by atoms with van der Waals surface area (Å²) in [4.78, 5) is 14.4. The van der Waals surface area contributed by atoms with Gasteiger partial charge in [0.2, 0.25) is 5.88 Å². The van der Waals surface area contributed by atoms with Gasteiger partial charge in [-0.15, -0.1) is 0 Å². The molecule has 33 heavy (non-hydrogen) atoms. The summed E-state index contributed by atoms with van der Waals surface area (Å²) in [6.07, 6.45) is 8.25. The lowest BCUT2D eigenvalue weighted by Crippen LogP contribution is -2.31. The Labute approximate surface area is 192 Å². The molecule has 2 aromatic heterocycles. The third-order valence-corrected chi connectivity index (χ3v) is 6.15. The van der Waals surface area contributed by atoms with Gasteiger partial charge in [0.1, 0.15) is 6.33 Å². The molecule has 5 rings (SSSR count). The maximum atomic E-state index is 6.32. The number of aromatic amines is 1. The number of nitrogen functional groups attached to an aromatic ring is 1. The number of piperidine rings is 1. The van der Waals surface area contributed by atoms with Crippen LogP contribution in [0, 0.1) is 0 Å². The smallest absolute Gasteiger partial charge is 0.230 e. The van der Waals surface area contributed by atoms with Crippen molar-refractivity contribution >= 4 is 27.5 Å². The van der Waals surface area contributed by atoms with Gasteiger partial charge < -0.3 is 29.8 Å². The summed E-state index contributed by atoms with van der Waals surface area (Å²) in [5, 5.41) is 1.63. The molecule has 1 saturated heterocycles. The molecule has 0 saturated carbocycles. The average molecular weight is 448 g/mol. The molecule has 3 heterocycles. The summed E-state index contributed by atoms with van der Waals surface area (Å²) in [7, 11) is 1.63. The van der Waals surface area contributed by atoms with Crippen molar-refractivity contribution in [1.82, 2.24) is 19.9 Å². The highest BCUT2D eigenvalue weighted by molar-refractivity contribution is 5.94. The summed E-state index contributed by atoms with van der Waals surface area (Å²) in [5.41, 5.74) is 8.55. The van der Waals surface area contributed by atoms with Crippen LogP contribution < -0.4 is 19.9 Å². The number of nitrogens with two attached hydrogens (primary N) is 1. The van der Waals surface area contributed by atoms with Crippen LogP contribution in [-0.4, -0.2) is 53.2 Å². The Morgan fingerprint density at radius 1 is 1.00 bits per heavy atom. The highest BCUT2D eigenvalue weighted by Gasteiger charge is 2.15. The number of anilines is 1. The standard InChI is InChI=1S/C25H29N5O3/c1-31-22-14-18-20(15-23(22)32-13-5-12-30-10-3-2-4-11-30)28-16-29-25(18)33-21-7-6-19-17(24(21)26)8-9-27-19/h6-9,14-16,27H,2-5,10-13,26H2,1H3. The van der Waals surface area contributed by atoms with Crippen LogP contribution in [0.15, 0.2) is 42.9 Å². The van der Waals surface area contributed by atoms with Crippen molar-refractivity contribution < 1.29 is 14.2 Å². The molecule has 1 fully saturated rings. The van der Waals surface area contributed by atoms with E-state index in [9.17, 15) is 0 Å². The zero-order valence-corrected chi connectivity index (χ0v) is 18.8. The first kappa shape index (κ1) is 21.3. The molecule has 0 spiro atoms. The van der Waals surface area contributed by atoms with Crippen LogP contribution in [-0.2, 0) is 0 Å². The van der Waals surface area contributed by atoms with Crippen LogP contribution in [0.1, 0.15) is 25.7 Å². The number of hydrogen-bond donors (Lipinski definition) is 2. The van der Waals surface area contributed by atoms with Gasteiger partial charge in [0.25, 0.3) is 0 Å². The molecule has 4 aromatic rings. The van der Waals surface area contributed by atoms with E-state index in [1.165, 1.54) is 38.7 Å². The Hall–Kier alpha value is -3.52. The lowest BCUT2D eigenvalue weighted by atomic mass is 10.1. The van der Waals surface area contributed by atoms with Gasteiger partial charge in [-0.05, 0) is 56.6 Å². The maximum Gasteiger partial charge on any atom is 0.230 e. The molecule has 3 N–H and O–H groups in total. The number of rotatable bonds is 8. The topological polar surface area (TPSA) is 98.5 Å². The summed E-state index contributed by atoms with van der Waals surface area (Å²) in [6.45, 7) is 4.07. The number of nitrogens with one attached hydrogen (secondary N) is 1. The Morgan fingerprint density at radius 3 is 2.73 bits per heavy atom. The normalized spacial score (nSPS) is 14.6. The summed E-state index contributed by atoms with van der Waals surface area (Å²) in [6, 6.07) is 9.42. The Bertz CT molecular complexity index is 1250. The van der Waals surface area contributed by atoms with Gasteiger partial charge in [0.15, 0.2) is 17.2 Å². The molecule has 8 nitrogen and oxygen atoms in total. The van der Waals surface area contributed by atoms with Crippen LogP contribution >= 0.6 is 0 Å². The minimum absolute atomic E-state index is 0.413. The molecule has 0 radical (unpaired) electrons. The van der Waals surface area contributed by atoms with E-state index in [0.29, 0.717) is 40.9 Å². The third kappa shape index (κ3) is 4.52. The minimum atomic E-state index is 0.413. The number of aromatic nitrogens is 3. The predicted octanol–water partition coefficient (Wildman–Crippen LogP) is 4.75. The molecule has 1 aliphatic rings. The molecular formula is C25H29N5O3. The number of methoxy groups -OCH3 is 1. The van der Waals surface area contributed by atoms with Crippen molar-refractivity contribution in [2.75, 3.05) is 39.1 Å². The molecule has 0 aliphatic carbocycles. The number of H-pyrrole nitrogens is 1. The van der Waals surface area contributed by atoms with Gasteiger partial charge in [-0.25, -0.2) is 9.97 Å². The van der Waals surface area contributed by atoms with Gasteiger partial charge in [0, 0.05) is 29.7 Å². The van der Waals surface area contributed by atoms with E-state index in [-0.39, 0.29) is 0 Å². The zero-order valence-electron chi connectivity index (χ0n) is 18.8. The number of ether oxygens (including phenoxy) is 3. The van der Waals surface area contributed by atoms with Gasteiger partial charge in [0.05, 0.1) is 30.3 Å². The van der Waals surface area contributed by atoms with Crippen LogP contribution in [0.2, 0.25) is 0 Å². The highest BCUT2D eigenvalue weighted by Crippen LogP contribution is 2.38. The molecule has 172 valence electrons. The maximum absolute atomic E-state index is 6.32. The van der Waals surface area contributed by atoms with Crippen molar-refractivity contribution in [3.63, 3.8) is 0 Å². The van der Waals surface area contributed by atoms with Crippen molar-refractivity contribution in [2.45, 2.75) is 25.7 Å². The number of benzene rings is 2. The van der Waals surface area contributed by atoms with E-state index < -0.39 is 0 Å². The van der Waals surface area contributed by atoms with Crippen molar-refractivity contribution in [2.24, 2.45) is 0 Å². The molecule has 8 heteroatoms. The fourth-order valence-corrected chi connectivity index (χ4v) is 4.38. The zero-order chi connectivity index (χ0) is 22.6. The van der Waals surface area contributed by atoms with Crippen LogP contribution in [0.5, 0.6) is 23.1 Å². The fourth-order valence-electron chi connectivity index (χ4n) is 4.38. The Balaban J connectivity index is 1.34. The van der Waals surface area contributed by atoms with Crippen LogP contribution in [0.3, 0.4) is 0 Å². The number of nitrogens with zero attached hydrogens (tertiary/aromatic N) is 3. The third-order valence-electron chi connectivity index (χ3n) is 6.15. The Kier molecular flexibility index (Phi) is 6.17. The second kappa shape index (κ2) is 9.54. The first-order chi connectivity index (χ1) is 16.2. The molecular weight excluding hydrogens is 418 g/mol. The van der Waals surface area contributed by atoms with E-state index >= 15 is 0 Å². The van der Waals surface area contributed by atoms with E-state index in [1.807, 2.05) is 36.5 Å². The predicted molar refractivity (Wildman–Crippen MR) is 129 cm³/mol. The number of likely N-dealkylation sites (tertiary alicyclic amines) is 1. The van der Waals surface area contributed by atoms with Gasteiger partial charge in [-0.2, -0.15) is 0 Å². The monoisotopic (exact) mass is 447 g/mol. The van der Waals surface area contributed by atoms with Crippen molar-refractivity contribution in [3.8, 4) is 23.1 Å². The first-order valence-corrected chi connectivity index (χ1v) is 11.4. The molecule has 0 bridgehead atoms. The summed E-state index contributed by atoms with van der Waals surface area (Å²) < 4.78 is 17.8. The Morgan fingerprint density at radius 2 is 1.88 bits per heavy atom. The molecule has 0 unspecified atom stereocenters. The molecule has 1 aliphatic heterocycles. The van der Waals surface area contributed by atoms with Gasteiger partial charge >= 0.3 is 0 Å². The van der Waals surface area contributed by atoms with E-state index in [4.69, 9.17) is 19.9 Å². The average Bonchev–Trinajstić information content (AvgIpc) is 3.34. The molecule has 2 aromatic carbocycles. The molecule has 0 amide bonds. The van der Waals surface area contributed by atoms with Crippen molar-refractivity contribution in [3.05, 3.63) is 42.9 Å². The summed E-state index contributed by atoms with van der Waals surface area (Å²) >= 11 is 0. The van der Waals surface area contributed by atoms with E-state index in [0.717, 1.165) is 29.3 Å². The van der Waals surface area contributed by atoms with E-state index in [1.54, 1.807) is 7.11 Å².